The Balaban J connectivity index is 1.80. The zero-order valence-corrected chi connectivity index (χ0v) is 25.4. The summed E-state index contributed by atoms with van der Waals surface area (Å²) in [4.78, 5) is 12.4. The fourth-order valence-electron chi connectivity index (χ4n) is 3.19. The molecule has 2 aromatic carbocycles. The average molecular weight is 616 g/mol. The fourth-order valence-corrected chi connectivity index (χ4v) is 7.33. The van der Waals surface area contributed by atoms with Gasteiger partial charge >= 0.3 is 13.4 Å². The molecule has 1 heterocycles. The van der Waals surface area contributed by atoms with E-state index in [1.165, 1.54) is 0 Å². The lowest BCUT2D eigenvalue weighted by Gasteiger charge is -2.22. The first-order chi connectivity index (χ1) is 18.7. The first-order valence-corrected chi connectivity index (χ1v) is 17.3. The third-order valence-electron chi connectivity index (χ3n) is 4.68. The van der Waals surface area contributed by atoms with Gasteiger partial charge in [-0.15, -0.1) is 10.2 Å². The first kappa shape index (κ1) is 31.3. The highest BCUT2D eigenvalue weighted by Gasteiger charge is 2.27. The van der Waals surface area contributed by atoms with Gasteiger partial charge in [0.1, 0.15) is 11.5 Å². The number of hydrogen-bond donors (Lipinski definition) is 1. The molecule has 3 rings (SSSR count). The van der Waals surface area contributed by atoms with E-state index < -0.39 is 13.4 Å². The van der Waals surface area contributed by atoms with Crippen LogP contribution in [-0.2, 0) is 51.0 Å². The van der Waals surface area contributed by atoms with E-state index in [2.05, 4.69) is 15.5 Å². The van der Waals surface area contributed by atoms with Crippen LogP contribution >= 0.6 is 13.4 Å². The highest BCUT2D eigenvalue weighted by molar-refractivity contribution is 8.08. The van der Waals surface area contributed by atoms with Crippen LogP contribution in [0.1, 0.15) is 33.3 Å². The summed E-state index contributed by atoms with van der Waals surface area (Å²) in [5.74, 6) is 0.536. The zero-order valence-electron chi connectivity index (χ0n) is 22.0. The number of rotatable bonds is 15. The zero-order chi connectivity index (χ0) is 28.3. The molecular formula is C24H31N3O8P2S2. The molecule has 1 aliphatic rings. The summed E-state index contributed by atoms with van der Waals surface area (Å²) in [6, 6.07) is 13.9. The third kappa shape index (κ3) is 9.16. The Morgan fingerprint density at radius 1 is 0.821 bits per heavy atom. The molecular weight excluding hydrogens is 584 g/mol. The Morgan fingerprint density at radius 3 is 2.00 bits per heavy atom. The Bertz CT molecular complexity index is 1270. The van der Waals surface area contributed by atoms with Gasteiger partial charge in [0.2, 0.25) is 0 Å². The lowest BCUT2D eigenvalue weighted by Crippen LogP contribution is -2.17. The molecule has 39 heavy (non-hydrogen) atoms. The molecule has 0 fully saturated rings. The highest BCUT2D eigenvalue weighted by atomic mass is 32.5. The van der Waals surface area contributed by atoms with Crippen molar-refractivity contribution in [3.63, 3.8) is 0 Å². The molecule has 1 aliphatic heterocycles. The summed E-state index contributed by atoms with van der Waals surface area (Å²) in [6.45, 7) is 2.21. The van der Waals surface area contributed by atoms with Crippen LogP contribution in [0.15, 0.2) is 58.7 Å². The van der Waals surface area contributed by atoms with Crippen LogP contribution in [0.25, 0.3) is 0 Å². The van der Waals surface area contributed by atoms with Crippen LogP contribution in [0.4, 0.5) is 5.69 Å². The van der Waals surface area contributed by atoms with Crippen molar-refractivity contribution in [1.29, 1.82) is 0 Å². The minimum atomic E-state index is -3.19. The van der Waals surface area contributed by atoms with E-state index in [4.69, 9.17) is 55.5 Å². The van der Waals surface area contributed by atoms with Gasteiger partial charge in [0.15, 0.2) is 12.3 Å². The van der Waals surface area contributed by atoms with Crippen LogP contribution < -0.4 is 14.6 Å². The molecule has 2 aromatic rings. The molecule has 0 spiro atoms. The van der Waals surface area contributed by atoms with Gasteiger partial charge < -0.3 is 19.1 Å². The van der Waals surface area contributed by atoms with Crippen LogP contribution in [0.2, 0.25) is 0 Å². The van der Waals surface area contributed by atoms with E-state index in [-0.39, 0.29) is 37.3 Å². The van der Waals surface area contributed by atoms with Crippen molar-refractivity contribution >= 4 is 60.3 Å². The number of nitrogens with zero attached hydrogens (tertiary/aromatic N) is 2. The quantitative estimate of drug-likeness (QED) is 0.114. The van der Waals surface area contributed by atoms with Crippen molar-refractivity contribution in [2.45, 2.75) is 27.7 Å². The standard InChI is InChI=1S/C24H31N3O8P2S2/c1-5-30-36(38,31-6-2)34-19-15-13-18(14-16-19)29-17-22(35-37(39,32-7-3)33-8-4)26-27-23-20-11-9-10-12-21(20)25-24(23)28/h9-16H,5-8,17H2,1-4H3,(H,25,27,28)/b26-22-. The Morgan fingerprint density at radius 2 is 1.38 bits per heavy atom. The molecule has 0 aromatic heterocycles. The van der Waals surface area contributed by atoms with Gasteiger partial charge in [-0.2, -0.15) is 0 Å². The van der Waals surface area contributed by atoms with Crippen molar-refractivity contribution in [1.82, 2.24) is 0 Å². The lowest BCUT2D eigenvalue weighted by atomic mass is 10.1. The minimum Gasteiger partial charge on any atom is -0.484 e. The van der Waals surface area contributed by atoms with Crippen LogP contribution in [0.5, 0.6) is 11.5 Å². The molecule has 15 heteroatoms. The molecule has 212 valence electrons. The van der Waals surface area contributed by atoms with Crippen LogP contribution in [-0.4, -0.2) is 50.6 Å². The maximum atomic E-state index is 12.4. The fraction of sp³-hybridized carbons (Fsp3) is 0.375. The van der Waals surface area contributed by atoms with E-state index in [1.54, 1.807) is 56.3 Å². The summed E-state index contributed by atoms with van der Waals surface area (Å²) < 4.78 is 39.7. The third-order valence-corrected chi connectivity index (χ3v) is 9.55. The summed E-state index contributed by atoms with van der Waals surface area (Å²) >= 11 is 10.9. The molecule has 0 saturated heterocycles. The average Bonchev–Trinajstić information content (AvgIpc) is 3.21. The summed E-state index contributed by atoms with van der Waals surface area (Å²) in [5, 5.41) is 11.0. The number of amides is 1. The van der Waals surface area contributed by atoms with Gasteiger partial charge in [-0.3, -0.25) is 22.9 Å². The topological polar surface area (TPSA) is 118 Å². The predicted octanol–water partition coefficient (Wildman–Crippen LogP) is 5.81. The van der Waals surface area contributed by atoms with E-state index in [9.17, 15) is 4.79 Å². The van der Waals surface area contributed by atoms with E-state index in [1.807, 2.05) is 19.9 Å². The normalized spacial score (nSPS) is 14.7. The minimum absolute atomic E-state index is 0.0200. The second kappa shape index (κ2) is 15.0. The van der Waals surface area contributed by atoms with Gasteiger partial charge in [-0.1, -0.05) is 18.2 Å². The number of anilines is 1. The van der Waals surface area contributed by atoms with Gasteiger partial charge in [-0.25, -0.2) is 0 Å². The number of ether oxygens (including phenoxy) is 1. The van der Waals surface area contributed by atoms with Gasteiger partial charge in [0, 0.05) is 29.2 Å². The molecule has 0 atom stereocenters. The maximum absolute atomic E-state index is 12.4. The lowest BCUT2D eigenvalue weighted by molar-refractivity contribution is -0.110. The number of nitrogens with one attached hydrogen (secondary N) is 1. The molecule has 0 aliphatic carbocycles. The van der Waals surface area contributed by atoms with Crippen molar-refractivity contribution in [3.05, 3.63) is 54.1 Å². The number of carbonyl (C=O) groups excluding carboxylic acids is 1. The number of hydrogen-bond acceptors (Lipinski definition) is 12. The van der Waals surface area contributed by atoms with Gasteiger partial charge in [-0.05, 0) is 58.0 Å². The molecule has 0 saturated carbocycles. The molecule has 1 amide bonds. The number of carbonyl (C=O) groups is 1. The van der Waals surface area contributed by atoms with Crippen molar-refractivity contribution in [2.24, 2.45) is 10.2 Å². The maximum Gasteiger partial charge on any atom is 0.381 e. The number of benzene rings is 2. The van der Waals surface area contributed by atoms with Crippen molar-refractivity contribution < 1.29 is 36.7 Å². The summed E-state index contributed by atoms with van der Waals surface area (Å²) in [7, 11) is 0. The highest BCUT2D eigenvalue weighted by Crippen LogP contribution is 2.50. The van der Waals surface area contributed by atoms with Crippen LogP contribution in [0.3, 0.4) is 0 Å². The van der Waals surface area contributed by atoms with E-state index >= 15 is 0 Å². The molecule has 11 nitrogen and oxygen atoms in total. The van der Waals surface area contributed by atoms with Gasteiger partial charge in [0.25, 0.3) is 11.8 Å². The first-order valence-electron chi connectivity index (χ1n) is 12.2. The Hall–Kier alpha value is -2.21. The smallest absolute Gasteiger partial charge is 0.381 e. The number of para-hydroxylation sites is 1. The Labute approximate surface area is 238 Å². The summed E-state index contributed by atoms with van der Waals surface area (Å²) in [6.07, 6.45) is 0. The number of fused-ring (bicyclic) bond motifs is 1. The van der Waals surface area contributed by atoms with Crippen molar-refractivity contribution in [2.75, 3.05) is 38.4 Å². The second-order valence-corrected chi connectivity index (χ2v) is 13.3. The van der Waals surface area contributed by atoms with Gasteiger partial charge in [0.05, 0.1) is 32.1 Å². The SMILES string of the molecule is CCOP(=S)(OCC)O/C(COc1ccc(OP(=S)(OCC)OCC)cc1)=N\N=C1/C(=O)Nc2ccccc21. The monoisotopic (exact) mass is 615 g/mol. The molecule has 0 bridgehead atoms. The predicted molar refractivity (Wildman–Crippen MR) is 158 cm³/mol. The van der Waals surface area contributed by atoms with Crippen molar-refractivity contribution in [3.8, 4) is 11.5 Å². The van der Waals surface area contributed by atoms with Crippen LogP contribution in [0, 0.1) is 0 Å². The molecule has 1 N–H and O–H groups in total. The molecule has 0 radical (unpaired) electrons. The molecule has 0 unspecified atom stereocenters. The van der Waals surface area contributed by atoms with E-state index in [0.717, 1.165) is 0 Å². The largest absolute Gasteiger partial charge is 0.484 e. The second-order valence-electron chi connectivity index (χ2n) is 7.45. The Kier molecular flexibility index (Phi) is 12.0. The summed E-state index contributed by atoms with van der Waals surface area (Å²) in [5.41, 5.74) is 1.40. The van der Waals surface area contributed by atoms with E-state index in [0.29, 0.717) is 36.0 Å².